The number of halogens is 2. The summed E-state index contributed by atoms with van der Waals surface area (Å²) in [4.78, 5) is 24.4. The van der Waals surface area contributed by atoms with E-state index >= 15 is 0 Å². The highest BCUT2D eigenvalue weighted by Crippen LogP contribution is 2.38. The summed E-state index contributed by atoms with van der Waals surface area (Å²) in [5.74, 6) is -0.843. The van der Waals surface area contributed by atoms with E-state index in [1.165, 1.54) is 31.4 Å². The summed E-state index contributed by atoms with van der Waals surface area (Å²) in [5.41, 5.74) is 0.561. The molecule has 10 heteroatoms. The number of carbonyl (C=O) groups is 1. The van der Waals surface area contributed by atoms with Crippen molar-refractivity contribution in [1.82, 2.24) is 4.98 Å². The van der Waals surface area contributed by atoms with Crippen molar-refractivity contribution in [2.24, 2.45) is 0 Å². The zero-order valence-corrected chi connectivity index (χ0v) is 14.7. The van der Waals surface area contributed by atoms with Crippen LogP contribution in [0.3, 0.4) is 0 Å². The zero-order chi connectivity index (χ0) is 19.0. The van der Waals surface area contributed by atoms with E-state index in [1.807, 2.05) is 0 Å². The number of nitro benzene ring substituents is 1. The van der Waals surface area contributed by atoms with E-state index in [2.05, 4.69) is 10.3 Å². The molecule has 0 saturated carbocycles. The third kappa shape index (κ3) is 3.12. The minimum atomic E-state index is -1.23. The highest BCUT2D eigenvalue weighted by Gasteiger charge is 2.20. The smallest absolute Gasteiger partial charge is 0.352 e. The molecule has 0 aliphatic heterocycles. The van der Waals surface area contributed by atoms with Crippen molar-refractivity contribution in [3.05, 3.63) is 56.2 Å². The van der Waals surface area contributed by atoms with Crippen LogP contribution in [0.1, 0.15) is 10.5 Å². The quantitative estimate of drug-likeness (QED) is 0.420. The van der Waals surface area contributed by atoms with E-state index < -0.39 is 10.9 Å². The number of nitrogens with zero attached hydrogens (tertiary/aromatic N) is 1. The Morgan fingerprint density at radius 1 is 1.23 bits per heavy atom. The second-order valence-electron chi connectivity index (χ2n) is 5.26. The number of H-pyrrole nitrogens is 1. The zero-order valence-electron chi connectivity index (χ0n) is 13.2. The molecule has 3 rings (SSSR count). The predicted octanol–water partition coefficient (Wildman–Crippen LogP) is 4.83. The summed E-state index contributed by atoms with van der Waals surface area (Å²) in [6.45, 7) is 0. The number of aromatic carboxylic acids is 1. The Kier molecular flexibility index (Phi) is 4.62. The van der Waals surface area contributed by atoms with Gasteiger partial charge in [-0.1, -0.05) is 23.2 Å². The number of carboxylic acids is 1. The van der Waals surface area contributed by atoms with Gasteiger partial charge in [-0.25, -0.2) is 4.79 Å². The number of carboxylic acid groups (broad SMARTS) is 1. The predicted molar refractivity (Wildman–Crippen MR) is 98.2 cm³/mol. The number of hydrogen-bond donors (Lipinski definition) is 3. The number of non-ortho nitro benzene ring substituents is 1. The molecule has 26 heavy (non-hydrogen) atoms. The highest BCUT2D eigenvalue weighted by atomic mass is 35.5. The Balaban J connectivity index is 2.16. The van der Waals surface area contributed by atoms with Gasteiger partial charge in [0.25, 0.3) is 5.69 Å². The first kappa shape index (κ1) is 17.8. The largest absolute Gasteiger partial charge is 0.495 e. The fourth-order valence-electron chi connectivity index (χ4n) is 2.51. The van der Waals surface area contributed by atoms with Crippen LogP contribution in [-0.2, 0) is 0 Å². The van der Waals surface area contributed by atoms with Gasteiger partial charge >= 0.3 is 5.97 Å². The summed E-state index contributed by atoms with van der Waals surface area (Å²) < 4.78 is 5.15. The van der Waals surface area contributed by atoms with E-state index in [0.717, 1.165) is 0 Å². The van der Waals surface area contributed by atoms with E-state index in [9.17, 15) is 14.9 Å². The van der Waals surface area contributed by atoms with Crippen LogP contribution in [0.4, 0.5) is 17.1 Å². The van der Waals surface area contributed by atoms with E-state index in [4.69, 9.17) is 33.0 Å². The molecule has 0 fully saturated rings. The molecule has 0 saturated heterocycles. The van der Waals surface area contributed by atoms with Gasteiger partial charge in [-0.3, -0.25) is 10.1 Å². The number of nitrogens with one attached hydrogen (secondary N) is 2. The molecule has 0 aliphatic carbocycles. The number of aromatic amines is 1. The summed E-state index contributed by atoms with van der Waals surface area (Å²) >= 11 is 12.2. The van der Waals surface area contributed by atoms with E-state index in [0.29, 0.717) is 32.6 Å². The summed E-state index contributed by atoms with van der Waals surface area (Å²) in [5, 5.41) is 24.4. The normalized spacial score (nSPS) is 10.7. The Morgan fingerprint density at radius 2 is 1.96 bits per heavy atom. The molecule has 0 unspecified atom stereocenters. The number of nitro groups is 1. The molecule has 0 bridgehead atoms. The first-order valence-corrected chi connectivity index (χ1v) is 7.91. The van der Waals surface area contributed by atoms with Crippen LogP contribution < -0.4 is 10.1 Å². The lowest BCUT2D eigenvalue weighted by molar-refractivity contribution is -0.383. The molecular weight excluding hydrogens is 385 g/mol. The third-order valence-electron chi connectivity index (χ3n) is 3.71. The van der Waals surface area contributed by atoms with Crippen LogP contribution in [0, 0.1) is 10.1 Å². The maximum absolute atomic E-state index is 11.2. The Morgan fingerprint density at radius 3 is 2.58 bits per heavy atom. The standard InChI is InChI=1S/C16H11Cl2N3O5/c1-26-14-6-11(8(17)5-9(14)18)19-10-2-3-13(21(24)25)15-7(10)4-12(20-15)16(22)23/h2-6,19-20H,1H3,(H,22,23). The number of fused-ring (bicyclic) bond motifs is 1. The number of hydrogen-bond acceptors (Lipinski definition) is 5. The maximum Gasteiger partial charge on any atom is 0.352 e. The minimum absolute atomic E-state index is 0.0921. The summed E-state index contributed by atoms with van der Waals surface area (Å²) in [7, 11) is 1.45. The monoisotopic (exact) mass is 395 g/mol. The average Bonchev–Trinajstić information content (AvgIpc) is 3.03. The first-order valence-electron chi connectivity index (χ1n) is 7.15. The lowest BCUT2D eigenvalue weighted by atomic mass is 10.1. The topological polar surface area (TPSA) is 117 Å². The van der Waals surface area contributed by atoms with Crippen LogP contribution in [0.5, 0.6) is 5.75 Å². The molecule has 0 atom stereocenters. The van der Waals surface area contributed by atoms with E-state index in [-0.39, 0.29) is 16.9 Å². The van der Waals surface area contributed by atoms with Crippen molar-refractivity contribution in [2.45, 2.75) is 0 Å². The van der Waals surface area contributed by atoms with E-state index in [1.54, 1.807) is 6.07 Å². The molecule has 1 aromatic heterocycles. The average molecular weight is 396 g/mol. The molecule has 0 spiro atoms. The van der Waals surface area contributed by atoms with Crippen molar-refractivity contribution in [3.63, 3.8) is 0 Å². The second kappa shape index (κ2) is 6.74. The summed E-state index contributed by atoms with van der Waals surface area (Å²) in [6, 6.07) is 7.12. The van der Waals surface area contributed by atoms with Gasteiger partial charge in [-0.15, -0.1) is 0 Å². The van der Waals surface area contributed by atoms with Crippen molar-refractivity contribution < 1.29 is 19.6 Å². The van der Waals surface area contributed by atoms with Crippen LogP contribution in [-0.4, -0.2) is 28.1 Å². The fraction of sp³-hybridized carbons (Fsp3) is 0.0625. The number of ether oxygens (including phenoxy) is 1. The second-order valence-corrected chi connectivity index (χ2v) is 6.07. The Labute approximate surface area is 156 Å². The Hall–Kier alpha value is -2.97. The molecule has 0 radical (unpaired) electrons. The van der Waals surface area contributed by atoms with Gasteiger partial charge in [-0.05, 0) is 18.2 Å². The molecule has 0 amide bonds. The number of benzene rings is 2. The summed E-state index contributed by atoms with van der Waals surface area (Å²) in [6.07, 6.45) is 0. The number of methoxy groups -OCH3 is 1. The fourth-order valence-corrected chi connectivity index (χ4v) is 3.01. The van der Waals surface area contributed by atoms with Gasteiger partial charge in [0.2, 0.25) is 0 Å². The van der Waals surface area contributed by atoms with Gasteiger partial charge < -0.3 is 20.1 Å². The molecule has 3 N–H and O–H groups in total. The SMILES string of the molecule is COc1cc(Nc2ccc([N+](=O)[O-])c3[nH]c(C(=O)O)cc23)c(Cl)cc1Cl. The third-order valence-corrected chi connectivity index (χ3v) is 4.32. The molecule has 0 aliphatic rings. The highest BCUT2D eigenvalue weighted by molar-refractivity contribution is 6.37. The van der Waals surface area contributed by atoms with Gasteiger partial charge in [0.15, 0.2) is 0 Å². The Bertz CT molecular complexity index is 1050. The van der Waals surface area contributed by atoms with Crippen LogP contribution in [0.2, 0.25) is 10.0 Å². The van der Waals surface area contributed by atoms with Gasteiger partial charge in [0.05, 0.1) is 27.8 Å². The number of aromatic nitrogens is 1. The first-order chi connectivity index (χ1) is 12.3. The van der Waals surface area contributed by atoms with Crippen molar-refractivity contribution >= 4 is 57.1 Å². The minimum Gasteiger partial charge on any atom is -0.495 e. The van der Waals surface area contributed by atoms with Gasteiger partial charge in [0, 0.05) is 23.2 Å². The molecule has 134 valence electrons. The lowest BCUT2D eigenvalue weighted by Crippen LogP contribution is -1.96. The molecule has 1 heterocycles. The van der Waals surface area contributed by atoms with Crippen molar-refractivity contribution in [3.8, 4) is 5.75 Å². The van der Waals surface area contributed by atoms with Gasteiger partial charge in [0.1, 0.15) is 17.0 Å². The van der Waals surface area contributed by atoms with Crippen molar-refractivity contribution in [2.75, 3.05) is 12.4 Å². The van der Waals surface area contributed by atoms with Crippen LogP contribution in [0.25, 0.3) is 10.9 Å². The maximum atomic E-state index is 11.2. The molecular formula is C16H11Cl2N3O5. The molecule has 2 aromatic carbocycles. The molecule has 3 aromatic rings. The number of rotatable bonds is 5. The number of anilines is 2. The molecule has 8 nitrogen and oxygen atoms in total. The van der Waals surface area contributed by atoms with Crippen molar-refractivity contribution in [1.29, 1.82) is 0 Å². The lowest BCUT2D eigenvalue weighted by Gasteiger charge is -2.12. The van der Waals surface area contributed by atoms with Crippen LogP contribution in [0.15, 0.2) is 30.3 Å². The van der Waals surface area contributed by atoms with Crippen LogP contribution >= 0.6 is 23.2 Å². The van der Waals surface area contributed by atoms with Gasteiger partial charge in [-0.2, -0.15) is 0 Å².